The molecule has 2 N–H and O–H groups in total. The lowest BCUT2D eigenvalue weighted by molar-refractivity contribution is -0.274. The van der Waals surface area contributed by atoms with Gasteiger partial charge in [-0.3, -0.25) is 0 Å². The zero-order valence-electron chi connectivity index (χ0n) is 18.2. The number of aromatic nitrogens is 3. The van der Waals surface area contributed by atoms with Gasteiger partial charge in [-0.1, -0.05) is 41.4 Å². The number of nitrogens with one attached hydrogen (secondary N) is 2. The zero-order valence-corrected chi connectivity index (χ0v) is 19.0. The number of aryl methyl sites for hydroxylation is 1. The standard InChI is InChI=1S/C24H18ClF3N6O/c1-15-2-6-17(7-3-15)21-31-22(30-19-10-8-18(25)9-11-19)33-23(32-21)34-29-14-16-4-12-20(13-5-16)35-24(26,27)28/h2-14H,1H3,(H2,30,31,32,33,34)/b29-14-. The third-order valence-corrected chi connectivity index (χ3v) is 4.79. The van der Waals surface area contributed by atoms with Crippen LogP contribution in [0.3, 0.4) is 0 Å². The molecule has 35 heavy (non-hydrogen) atoms. The van der Waals surface area contributed by atoms with E-state index in [9.17, 15) is 13.2 Å². The lowest BCUT2D eigenvalue weighted by Crippen LogP contribution is -2.17. The fourth-order valence-corrected chi connectivity index (χ4v) is 3.02. The molecule has 11 heteroatoms. The Morgan fingerprint density at radius 1 is 0.857 bits per heavy atom. The Morgan fingerprint density at radius 2 is 1.51 bits per heavy atom. The Balaban J connectivity index is 1.55. The van der Waals surface area contributed by atoms with E-state index in [2.05, 4.69) is 35.5 Å². The van der Waals surface area contributed by atoms with Crippen molar-refractivity contribution in [2.45, 2.75) is 13.3 Å². The number of rotatable bonds is 7. The van der Waals surface area contributed by atoms with Crippen molar-refractivity contribution in [1.82, 2.24) is 15.0 Å². The average molecular weight is 499 g/mol. The van der Waals surface area contributed by atoms with Crippen LogP contribution in [0.1, 0.15) is 11.1 Å². The summed E-state index contributed by atoms with van der Waals surface area (Å²) < 4.78 is 40.8. The quantitative estimate of drug-likeness (QED) is 0.221. The molecule has 0 aliphatic heterocycles. The molecule has 4 rings (SSSR count). The number of hydrogen-bond acceptors (Lipinski definition) is 7. The summed E-state index contributed by atoms with van der Waals surface area (Å²) in [6.45, 7) is 1.98. The van der Waals surface area contributed by atoms with Gasteiger partial charge in [0.25, 0.3) is 0 Å². The Morgan fingerprint density at radius 3 is 2.17 bits per heavy atom. The summed E-state index contributed by atoms with van der Waals surface area (Å²) in [5.74, 6) is 0.549. The van der Waals surface area contributed by atoms with Crippen LogP contribution in [0.2, 0.25) is 5.02 Å². The largest absolute Gasteiger partial charge is 0.573 e. The number of benzene rings is 3. The number of ether oxygens (including phenoxy) is 1. The summed E-state index contributed by atoms with van der Waals surface area (Å²) in [4.78, 5) is 13.3. The fourth-order valence-electron chi connectivity index (χ4n) is 2.90. The molecule has 1 heterocycles. The van der Waals surface area contributed by atoms with Crippen LogP contribution in [0.5, 0.6) is 5.75 Å². The average Bonchev–Trinajstić information content (AvgIpc) is 2.81. The van der Waals surface area contributed by atoms with Gasteiger partial charge in [0, 0.05) is 16.3 Å². The molecule has 0 aliphatic carbocycles. The molecular weight excluding hydrogens is 481 g/mol. The molecule has 0 radical (unpaired) electrons. The first-order valence-corrected chi connectivity index (χ1v) is 10.6. The Bertz CT molecular complexity index is 1310. The predicted molar refractivity (Wildman–Crippen MR) is 129 cm³/mol. The topological polar surface area (TPSA) is 84.3 Å². The maximum absolute atomic E-state index is 12.3. The van der Waals surface area contributed by atoms with Crippen molar-refractivity contribution < 1.29 is 17.9 Å². The van der Waals surface area contributed by atoms with E-state index in [1.165, 1.54) is 30.5 Å². The minimum absolute atomic E-state index is 0.167. The normalized spacial score (nSPS) is 11.5. The summed E-state index contributed by atoms with van der Waals surface area (Å²) in [6.07, 6.45) is -3.33. The molecule has 1 aromatic heterocycles. The summed E-state index contributed by atoms with van der Waals surface area (Å²) in [5, 5.41) is 7.79. The summed E-state index contributed by atoms with van der Waals surface area (Å²) in [7, 11) is 0. The van der Waals surface area contributed by atoms with Crippen molar-refractivity contribution >= 4 is 35.4 Å². The van der Waals surface area contributed by atoms with Gasteiger partial charge in [-0.2, -0.15) is 20.1 Å². The maximum atomic E-state index is 12.3. The molecule has 0 saturated carbocycles. The smallest absolute Gasteiger partial charge is 0.406 e. The number of hydrogen-bond donors (Lipinski definition) is 2. The van der Waals surface area contributed by atoms with Crippen LogP contribution in [0.4, 0.5) is 30.8 Å². The third-order valence-electron chi connectivity index (χ3n) is 4.54. The minimum atomic E-state index is -4.75. The first-order chi connectivity index (χ1) is 16.7. The molecule has 0 fully saturated rings. The molecule has 4 aromatic rings. The predicted octanol–water partition coefficient (Wildman–Crippen LogP) is 6.59. The summed E-state index contributed by atoms with van der Waals surface area (Å²) in [6, 6.07) is 20.0. The Labute approximate surface area is 203 Å². The van der Waals surface area contributed by atoms with Crippen molar-refractivity contribution in [2.75, 3.05) is 10.7 Å². The van der Waals surface area contributed by atoms with E-state index in [1.54, 1.807) is 24.3 Å². The number of alkyl halides is 3. The molecular formula is C24H18ClF3N6O. The molecule has 3 aromatic carbocycles. The van der Waals surface area contributed by atoms with Gasteiger partial charge in [0.1, 0.15) is 5.75 Å². The van der Waals surface area contributed by atoms with Gasteiger partial charge in [0.05, 0.1) is 6.21 Å². The highest BCUT2D eigenvalue weighted by molar-refractivity contribution is 6.30. The maximum Gasteiger partial charge on any atom is 0.573 e. The summed E-state index contributed by atoms with van der Waals surface area (Å²) >= 11 is 5.95. The van der Waals surface area contributed by atoms with Crippen LogP contribution >= 0.6 is 11.6 Å². The van der Waals surface area contributed by atoms with E-state index < -0.39 is 6.36 Å². The van der Waals surface area contributed by atoms with E-state index in [1.807, 2.05) is 31.2 Å². The molecule has 0 atom stereocenters. The zero-order chi connectivity index (χ0) is 24.8. The molecule has 0 aliphatic rings. The number of hydrazone groups is 1. The first-order valence-electron chi connectivity index (χ1n) is 10.2. The second-order valence-corrected chi connectivity index (χ2v) is 7.73. The van der Waals surface area contributed by atoms with Crippen LogP contribution in [0, 0.1) is 6.92 Å². The highest BCUT2D eigenvalue weighted by atomic mass is 35.5. The van der Waals surface area contributed by atoms with Crippen LogP contribution in [-0.4, -0.2) is 27.5 Å². The molecule has 7 nitrogen and oxygen atoms in total. The van der Waals surface area contributed by atoms with Crippen molar-refractivity contribution in [1.29, 1.82) is 0 Å². The monoisotopic (exact) mass is 498 g/mol. The van der Waals surface area contributed by atoms with Crippen LogP contribution in [0.15, 0.2) is 77.9 Å². The minimum Gasteiger partial charge on any atom is -0.406 e. The van der Waals surface area contributed by atoms with Gasteiger partial charge in [-0.25, -0.2) is 5.43 Å². The first kappa shape index (κ1) is 24.0. The molecule has 0 spiro atoms. The van der Waals surface area contributed by atoms with Crippen molar-refractivity contribution in [3.63, 3.8) is 0 Å². The van der Waals surface area contributed by atoms with Crippen LogP contribution < -0.4 is 15.5 Å². The van der Waals surface area contributed by atoms with Gasteiger partial charge in [-0.05, 0) is 61.0 Å². The number of anilines is 3. The molecule has 0 saturated heterocycles. The Kier molecular flexibility index (Phi) is 7.11. The van der Waals surface area contributed by atoms with Gasteiger partial charge < -0.3 is 10.1 Å². The van der Waals surface area contributed by atoms with Crippen LogP contribution in [0.25, 0.3) is 11.4 Å². The van der Waals surface area contributed by atoms with E-state index in [0.717, 1.165) is 16.8 Å². The highest BCUT2D eigenvalue weighted by Crippen LogP contribution is 2.23. The van der Waals surface area contributed by atoms with Crippen molar-refractivity contribution in [3.8, 4) is 17.1 Å². The second kappa shape index (κ2) is 10.4. The van der Waals surface area contributed by atoms with Crippen molar-refractivity contribution in [3.05, 3.63) is 88.9 Å². The van der Waals surface area contributed by atoms with Gasteiger partial charge in [-0.15, -0.1) is 13.2 Å². The van der Waals surface area contributed by atoms with E-state index in [4.69, 9.17) is 11.6 Å². The highest BCUT2D eigenvalue weighted by Gasteiger charge is 2.30. The summed E-state index contributed by atoms with van der Waals surface area (Å²) in [5.41, 5.74) is 5.88. The molecule has 0 unspecified atom stereocenters. The molecule has 0 bridgehead atoms. The number of halogens is 4. The van der Waals surface area contributed by atoms with Crippen LogP contribution in [-0.2, 0) is 0 Å². The third kappa shape index (κ3) is 7.15. The SMILES string of the molecule is Cc1ccc(-c2nc(N/N=C\c3ccc(OC(F)(F)F)cc3)nc(Nc3ccc(Cl)cc3)n2)cc1. The Hall–Kier alpha value is -4.18. The molecule has 178 valence electrons. The lowest BCUT2D eigenvalue weighted by Gasteiger charge is -2.09. The van der Waals surface area contributed by atoms with Gasteiger partial charge >= 0.3 is 6.36 Å². The van der Waals surface area contributed by atoms with E-state index in [0.29, 0.717) is 16.4 Å². The number of nitrogens with zero attached hydrogens (tertiary/aromatic N) is 4. The van der Waals surface area contributed by atoms with Gasteiger partial charge in [0.2, 0.25) is 11.9 Å². The lowest BCUT2D eigenvalue weighted by atomic mass is 10.1. The molecule has 0 amide bonds. The van der Waals surface area contributed by atoms with Crippen molar-refractivity contribution in [2.24, 2.45) is 5.10 Å². The van der Waals surface area contributed by atoms with E-state index >= 15 is 0 Å². The fraction of sp³-hybridized carbons (Fsp3) is 0.0833. The second-order valence-electron chi connectivity index (χ2n) is 7.29. The van der Waals surface area contributed by atoms with E-state index in [-0.39, 0.29) is 17.6 Å². The van der Waals surface area contributed by atoms with Gasteiger partial charge in [0.15, 0.2) is 5.82 Å².